The van der Waals surface area contributed by atoms with E-state index in [0.717, 1.165) is 12.1 Å². The van der Waals surface area contributed by atoms with Gasteiger partial charge in [-0.1, -0.05) is 12.1 Å². The lowest BCUT2D eigenvalue weighted by atomic mass is 10.00. The summed E-state index contributed by atoms with van der Waals surface area (Å²) in [5, 5.41) is 0. The number of alkyl halides is 6. The highest BCUT2D eigenvalue weighted by Crippen LogP contribution is 2.38. The largest absolute Gasteiger partial charge is 0.418 e. The lowest BCUT2D eigenvalue weighted by Gasteiger charge is -2.13. The molecule has 112 valence electrons. The minimum atomic E-state index is -4.79. The van der Waals surface area contributed by atoms with Gasteiger partial charge in [-0.2, -0.15) is 30.7 Å². The van der Waals surface area contributed by atoms with Gasteiger partial charge in [-0.05, 0) is 23.3 Å². The first-order valence-electron chi connectivity index (χ1n) is 5.49. The maximum Gasteiger partial charge on any atom is 0.418 e. The number of nitrogens with zero attached hydrogens (tertiary/aromatic N) is 1. The van der Waals surface area contributed by atoms with Crippen molar-refractivity contribution >= 4 is 0 Å². The van der Waals surface area contributed by atoms with E-state index in [1.807, 2.05) is 0 Å². The summed E-state index contributed by atoms with van der Waals surface area (Å²) in [4.78, 5) is 2.92. The van der Waals surface area contributed by atoms with Crippen LogP contribution in [0.15, 0.2) is 36.5 Å². The van der Waals surface area contributed by atoms with Gasteiger partial charge in [0.25, 0.3) is 0 Å². The second-order valence-electron chi connectivity index (χ2n) is 4.13. The van der Waals surface area contributed by atoms with Crippen LogP contribution < -0.4 is 0 Å². The Kier molecular flexibility index (Phi) is 3.65. The molecule has 0 saturated heterocycles. The molecule has 2 rings (SSSR count). The van der Waals surface area contributed by atoms with Crippen LogP contribution in [-0.4, -0.2) is 4.98 Å². The van der Waals surface area contributed by atoms with E-state index in [9.17, 15) is 30.7 Å². The van der Waals surface area contributed by atoms with E-state index >= 15 is 0 Å². The van der Waals surface area contributed by atoms with Gasteiger partial charge in [0, 0.05) is 12.3 Å². The zero-order valence-corrected chi connectivity index (χ0v) is 10.1. The summed E-state index contributed by atoms with van der Waals surface area (Å²) >= 11 is 0. The van der Waals surface area contributed by atoms with Crippen molar-refractivity contribution in [3.8, 4) is 11.1 Å². The van der Waals surface area contributed by atoms with E-state index in [4.69, 9.17) is 0 Å². The highest BCUT2D eigenvalue weighted by molar-refractivity contribution is 5.67. The minimum Gasteiger partial charge on any atom is -0.228 e. The minimum absolute atomic E-state index is 0.184. The summed E-state index contributed by atoms with van der Waals surface area (Å²) in [7, 11) is 0. The molecule has 0 radical (unpaired) electrons. The quantitative estimate of drug-likeness (QED) is 0.538. The average Bonchev–Trinajstić information content (AvgIpc) is 2.36. The molecule has 0 saturated carbocycles. The summed E-state index contributed by atoms with van der Waals surface area (Å²) in [5.41, 5.74) is -2.97. The van der Waals surface area contributed by atoms with Crippen LogP contribution in [0.4, 0.5) is 30.7 Å². The van der Waals surface area contributed by atoms with Crippen molar-refractivity contribution in [2.45, 2.75) is 12.4 Å². The van der Waals surface area contributed by atoms with Gasteiger partial charge >= 0.3 is 12.4 Å². The Bertz CT molecular complexity index is 641. The first-order chi connectivity index (χ1) is 9.59. The van der Waals surface area contributed by atoms with Crippen molar-refractivity contribution in [1.29, 1.82) is 0 Å². The lowest BCUT2D eigenvalue weighted by molar-refractivity contribution is -0.138. The molecular weight excluding hydrogens is 303 g/mol. The molecule has 21 heavy (non-hydrogen) atoms. The third-order valence-corrected chi connectivity index (χ3v) is 2.70. The van der Waals surface area contributed by atoms with E-state index in [2.05, 4.69) is 4.98 Å². The van der Waals surface area contributed by atoms with Crippen LogP contribution >= 0.6 is 0 Å². The maximum absolute atomic E-state index is 13.0. The Balaban J connectivity index is 2.54. The van der Waals surface area contributed by atoms with Crippen LogP contribution in [0.3, 0.4) is 0 Å². The third kappa shape index (κ3) is 3.32. The molecule has 0 aliphatic heterocycles. The summed E-state index contributed by atoms with van der Waals surface area (Å²) in [6.07, 6.45) is -9.09. The van der Waals surface area contributed by atoms with Crippen LogP contribution in [0, 0.1) is 5.95 Å². The maximum atomic E-state index is 13.0. The standard InChI is InChI=1S/C13H6F7N/c14-11-5-9(10(6-21-11)13(18,19)20)7-1-3-8(4-2-7)12(15,16)17/h1-6H. The molecule has 1 nitrogen and oxygen atoms in total. The Hall–Kier alpha value is -2.12. The first-order valence-corrected chi connectivity index (χ1v) is 5.49. The monoisotopic (exact) mass is 309 g/mol. The van der Waals surface area contributed by atoms with Crippen LogP contribution in [0.25, 0.3) is 11.1 Å². The molecule has 0 amide bonds. The normalized spacial score (nSPS) is 12.5. The molecule has 0 bridgehead atoms. The predicted molar refractivity (Wildman–Crippen MR) is 59.6 cm³/mol. The molecule has 0 spiro atoms. The van der Waals surface area contributed by atoms with Gasteiger partial charge in [-0.3, -0.25) is 0 Å². The molecule has 0 unspecified atom stereocenters. The van der Waals surface area contributed by atoms with Gasteiger partial charge in [-0.25, -0.2) is 4.98 Å². The number of aromatic nitrogens is 1. The molecule has 0 atom stereocenters. The van der Waals surface area contributed by atoms with Gasteiger partial charge in [0.1, 0.15) is 0 Å². The van der Waals surface area contributed by atoms with Crippen LogP contribution in [-0.2, 0) is 12.4 Å². The second kappa shape index (κ2) is 5.01. The summed E-state index contributed by atoms with van der Waals surface area (Å²) in [6.45, 7) is 0. The van der Waals surface area contributed by atoms with Gasteiger partial charge in [0.2, 0.25) is 5.95 Å². The van der Waals surface area contributed by atoms with E-state index in [0.29, 0.717) is 24.4 Å². The summed E-state index contributed by atoms with van der Waals surface area (Å²) < 4.78 is 88.6. The smallest absolute Gasteiger partial charge is 0.228 e. The van der Waals surface area contributed by atoms with E-state index in [-0.39, 0.29) is 5.56 Å². The Morgan fingerprint density at radius 1 is 0.810 bits per heavy atom. The third-order valence-electron chi connectivity index (χ3n) is 2.70. The molecule has 1 aromatic carbocycles. The lowest BCUT2D eigenvalue weighted by Crippen LogP contribution is -2.09. The van der Waals surface area contributed by atoms with E-state index < -0.39 is 35.0 Å². The number of halogens is 7. The average molecular weight is 309 g/mol. The highest BCUT2D eigenvalue weighted by Gasteiger charge is 2.35. The van der Waals surface area contributed by atoms with Gasteiger partial charge in [0.15, 0.2) is 0 Å². The number of pyridine rings is 1. The molecule has 0 N–H and O–H groups in total. The summed E-state index contributed by atoms with van der Waals surface area (Å²) in [5.74, 6) is -1.15. The highest BCUT2D eigenvalue weighted by atomic mass is 19.4. The Morgan fingerprint density at radius 2 is 1.38 bits per heavy atom. The van der Waals surface area contributed by atoms with Gasteiger partial charge < -0.3 is 0 Å². The number of rotatable bonds is 1. The van der Waals surface area contributed by atoms with Crippen molar-refractivity contribution in [3.63, 3.8) is 0 Å². The summed E-state index contributed by atoms with van der Waals surface area (Å²) in [6, 6.07) is 3.51. The van der Waals surface area contributed by atoms with Crippen LogP contribution in [0.2, 0.25) is 0 Å². The Morgan fingerprint density at radius 3 is 1.86 bits per heavy atom. The van der Waals surface area contributed by atoms with E-state index in [1.54, 1.807) is 0 Å². The number of hydrogen-bond acceptors (Lipinski definition) is 1. The first kappa shape index (κ1) is 15.3. The number of benzene rings is 1. The second-order valence-corrected chi connectivity index (χ2v) is 4.13. The van der Waals surface area contributed by atoms with Gasteiger partial charge in [-0.15, -0.1) is 0 Å². The van der Waals surface area contributed by atoms with E-state index in [1.165, 1.54) is 0 Å². The van der Waals surface area contributed by atoms with Crippen molar-refractivity contribution in [3.05, 3.63) is 53.6 Å². The molecule has 0 fully saturated rings. The molecule has 8 heteroatoms. The topological polar surface area (TPSA) is 12.9 Å². The zero-order valence-electron chi connectivity index (χ0n) is 10.1. The SMILES string of the molecule is Fc1cc(-c2ccc(C(F)(F)F)cc2)c(C(F)(F)F)cn1. The predicted octanol–water partition coefficient (Wildman–Crippen LogP) is 4.93. The van der Waals surface area contributed by atoms with Crippen molar-refractivity contribution in [2.75, 3.05) is 0 Å². The fraction of sp³-hybridized carbons (Fsp3) is 0.154. The molecular formula is C13H6F7N. The molecule has 0 aliphatic rings. The van der Waals surface area contributed by atoms with Crippen LogP contribution in [0.5, 0.6) is 0 Å². The van der Waals surface area contributed by atoms with Crippen molar-refractivity contribution < 1.29 is 30.7 Å². The fourth-order valence-corrected chi connectivity index (χ4v) is 1.73. The van der Waals surface area contributed by atoms with Crippen molar-refractivity contribution in [2.24, 2.45) is 0 Å². The molecule has 1 aromatic heterocycles. The number of hydrogen-bond donors (Lipinski definition) is 0. The molecule has 2 aromatic rings. The van der Waals surface area contributed by atoms with Gasteiger partial charge in [0.05, 0.1) is 11.1 Å². The molecule has 1 heterocycles. The molecule has 0 aliphatic carbocycles. The zero-order chi connectivity index (χ0) is 15.8. The Labute approximate surface area is 114 Å². The fourth-order valence-electron chi connectivity index (χ4n) is 1.73. The van der Waals surface area contributed by atoms with Crippen LogP contribution in [0.1, 0.15) is 11.1 Å². The van der Waals surface area contributed by atoms with Crippen molar-refractivity contribution in [1.82, 2.24) is 4.98 Å².